The molecule has 0 radical (unpaired) electrons. The number of piperazine rings is 1. The molecule has 0 saturated carbocycles. The Morgan fingerprint density at radius 1 is 1.18 bits per heavy atom. The third-order valence-corrected chi connectivity index (χ3v) is 3.84. The van der Waals surface area contributed by atoms with Gasteiger partial charge in [-0.3, -0.25) is 0 Å². The number of likely N-dealkylation sites (N-methyl/N-ethyl adjacent to an activating group) is 1. The van der Waals surface area contributed by atoms with Gasteiger partial charge in [-0.25, -0.2) is 0 Å². The van der Waals surface area contributed by atoms with E-state index in [1.165, 1.54) is 29.8 Å². The maximum Gasteiger partial charge on any atom is 0.0963 e. The van der Waals surface area contributed by atoms with E-state index in [-0.39, 0.29) is 12.4 Å². The van der Waals surface area contributed by atoms with Crippen LogP contribution in [0, 0.1) is 0 Å². The minimum absolute atomic E-state index is 0. The number of rotatable bonds is 2. The molecule has 2 rings (SSSR count). The Labute approximate surface area is 110 Å². The molecule has 1 fully saturated rings. The van der Waals surface area contributed by atoms with Crippen LogP contribution < -0.4 is 23.0 Å². The van der Waals surface area contributed by atoms with Gasteiger partial charge in [0.15, 0.2) is 0 Å². The lowest BCUT2D eigenvalue weighted by molar-refractivity contribution is -0.908. The Balaban J connectivity index is 0.00000144. The van der Waals surface area contributed by atoms with Crippen LogP contribution in [0.4, 0.5) is 11.4 Å². The highest BCUT2D eigenvalue weighted by Gasteiger charge is 2.26. The smallest absolute Gasteiger partial charge is 0.0963 e. The summed E-state index contributed by atoms with van der Waals surface area (Å²) in [6, 6.07) is 8.21. The van der Waals surface area contributed by atoms with E-state index in [2.05, 4.69) is 31.0 Å². The summed E-state index contributed by atoms with van der Waals surface area (Å²) in [6.07, 6.45) is 0. The number of benzene rings is 1. The summed E-state index contributed by atoms with van der Waals surface area (Å²) in [6.45, 7) is 8.28. The summed E-state index contributed by atoms with van der Waals surface area (Å²) in [5, 5.41) is 0. The first-order valence-corrected chi connectivity index (χ1v) is 6.07. The third kappa shape index (κ3) is 3.27. The largest absolute Gasteiger partial charge is 1.00 e. The molecule has 96 valence electrons. The number of hydrogen-bond acceptors (Lipinski definition) is 2. The molecule has 0 spiro atoms. The van der Waals surface area contributed by atoms with Crippen molar-refractivity contribution in [3.8, 4) is 0 Å². The lowest BCUT2D eigenvalue weighted by Crippen LogP contribution is -3.00. The first-order valence-electron chi connectivity index (χ1n) is 6.07. The zero-order chi connectivity index (χ0) is 11.6. The van der Waals surface area contributed by atoms with Gasteiger partial charge in [0.05, 0.1) is 39.8 Å². The van der Waals surface area contributed by atoms with Gasteiger partial charge in [0.25, 0.3) is 0 Å². The topological polar surface area (TPSA) is 29.3 Å². The molecule has 1 aromatic carbocycles. The van der Waals surface area contributed by atoms with Crippen molar-refractivity contribution in [3.05, 3.63) is 24.3 Å². The fraction of sp³-hybridized carbons (Fsp3) is 0.538. The van der Waals surface area contributed by atoms with Crippen molar-refractivity contribution in [2.45, 2.75) is 6.92 Å². The number of nitrogen functional groups attached to an aromatic ring is 1. The second-order valence-corrected chi connectivity index (χ2v) is 4.96. The molecule has 0 bridgehead atoms. The highest BCUT2D eigenvalue weighted by atomic mass is 35.5. The zero-order valence-electron chi connectivity index (χ0n) is 10.7. The average Bonchev–Trinajstić information content (AvgIpc) is 2.32. The van der Waals surface area contributed by atoms with Crippen LogP contribution in [0.25, 0.3) is 0 Å². The van der Waals surface area contributed by atoms with E-state index in [4.69, 9.17) is 5.73 Å². The van der Waals surface area contributed by atoms with Gasteiger partial charge in [0.2, 0.25) is 0 Å². The van der Waals surface area contributed by atoms with Crippen molar-refractivity contribution in [1.82, 2.24) is 0 Å². The van der Waals surface area contributed by atoms with E-state index in [1.54, 1.807) is 0 Å². The second kappa shape index (κ2) is 5.61. The van der Waals surface area contributed by atoms with Gasteiger partial charge in [0.1, 0.15) is 0 Å². The fourth-order valence-corrected chi connectivity index (χ4v) is 2.21. The molecule has 0 amide bonds. The van der Waals surface area contributed by atoms with Gasteiger partial charge >= 0.3 is 0 Å². The predicted molar refractivity (Wildman–Crippen MR) is 69.5 cm³/mol. The lowest BCUT2D eigenvalue weighted by atomic mass is 10.2. The zero-order valence-corrected chi connectivity index (χ0v) is 11.5. The van der Waals surface area contributed by atoms with Crippen LogP contribution in [-0.2, 0) is 0 Å². The summed E-state index contributed by atoms with van der Waals surface area (Å²) < 4.78 is 1.20. The normalized spacial score (nSPS) is 18.6. The number of quaternary nitrogens is 1. The van der Waals surface area contributed by atoms with Crippen LogP contribution in [0.1, 0.15) is 6.92 Å². The Kier molecular flexibility index (Phi) is 4.66. The molecule has 0 atom stereocenters. The molecule has 1 heterocycles. The quantitative estimate of drug-likeness (QED) is 0.518. The molecular weight excluding hydrogens is 234 g/mol. The summed E-state index contributed by atoms with van der Waals surface area (Å²) in [5.74, 6) is 0. The van der Waals surface area contributed by atoms with Crippen molar-refractivity contribution in [1.29, 1.82) is 0 Å². The Hall–Kier alpha value is -0.930. The Morgan fingerprint density at radius 3 is 2.18 bits per heavy atom. The van der Waals surface area contributed by atoms with Crippen molar-refractivity contribution in [2.24, 2.45) is 0 Å². The van der Waals surface area contributed by atoms with E-state index in [9.17, 15) is 0 Å². The van der Waals surface area contributed by atoms with Crippen LogP contribution in [0.3, 0.4) is 0 Å². The summed E-state index contributed by atoms with van der Waals surface area (Å²) >= 11 is 0. The highest BCUT2D eigenvalue weighted by Crippen LogP contribution is 2.19. The first kappa shape index (κ1) is 14.1. The standard InChI is InChI=1S/C13H22N3.ClH/c1-3-16(2)10-8-15(9-11-16)13-6-4-12(14)5-7-13;/h4-7H,3,8-11,14H2,1-2H3;1H/q+1;/p-1. The van der Waals surface area contributed by atoms with Crippen LogP contribution in [0.15, 0.2) is 24.3 Å². The first-order chi connectivity index (χ1) is 7.63. The van der Waals surface area contributed by atoms with E-state index in [0.29, 0.717) is 0 Å². The van der Waals surface area contributed by atoms with Gasteiger partial charge in [-0.15, -0.1) is 0 Å². The maximum absolute atomic E-state index is 5.70. The van der Waals surface area contributed by atoms with Crippen molar-refractivity contribution < 1.29 is 16.9 Å². The summed E-state index contributed by atoms with van der Waals surface area (Å²) in [7, 11) is 2.35. The Bertz CT molecular complexity index is 342. The van der Waals surface area contributed by atoms with Gasteiger partial charge in [-0.2, -0.15) is 0 Å². The molecule has 1 aromatic rings. The van der Waals surface area contributed by atoms with Crippen LogP contribution in [-0.4, -0.2) is 44.3 Å². The van der Waals surface area contributed by atoms with Crippen molar-refractivity contribution in [3.63, 3.8) is 0 Å². The van der Waals surface area contributed by atoms with Crippen molar-refractivity contribution >= 4 is 11.4 Å². The molecule has 1 saturated heterocycles. The molecule has 0 unspecified atom stereocenters. The Morgan fingerprint density at radius 2 is 1.71 bits per heavy atom. The van der Waals surface area contributed by atoms with Crippen molar-refractivity contribution in [2.75, 3.05) is 50.4 Å². The third-order valence-electron chi connectivity index (χ3n) is 3.84. The van der Waals surface area contributed by atoms with Gasteiger partial charge in [-0.05, 0) is 31.2 Å². The monoisotopic (exact) mass is 255 g/mol. The van der Waals surface area contributed by atoms with Crippen LogP contribution in [0.5, 0.6) is 0 Å². The van der Waals surface area contributed by atoms with Crippen LogP contribution >= 0.6 is 0 Å². The number of hydrogen-bond donors (Lipinski definition) is 1. The minimum atomic E-state index is 0. The van der Waals surface area contributed by atoms with Crippen LogP contribution in [0.2, 0.25) is 0 Å². The molecule has 2 N–H and O–H groups in total. The van der Waals surface area contributed by atoms with E-state index in [1.807, 2.05) is 12.1 Å². The lowest BCUT2D eigenvalue weighted by Gasteiger charge is -2.42. The summed E-state index contributed by atoms with van der Waals surface area (Å²) in [5.41, 5.74) is 7.84. The predicted octanol–water partition coefficient (Wildman–Crippen LogP) is -1.44. The highest BCUT2D eigenvalue weighted by molar-refractivity contribution is 5.53. The molecule has 1 aliphatic rings. The molecular formula is C13H22ClN3. The van der Waals surface area contributed by atoms with E-state index >= 15 is 0 Å². The molecule has 0 aliphatic carbocycles. The fourth-order valence-electron chi connectivity index (χ4n) is 2.21. The number of anilines is 2. The number of nitrogens with two attached hydrogens (primary N) is 1. The van der Waals surface area contributed by atoms with Gasteiger partial charge in [-0.1, -0.05) is 0 Å². The molecule has 3 nitrogen and oxygen atoms in total. The van der Waals surface area contributed by atoms with Gasteiger partial charge in [0, 0.05) is 11.4 Å². The summed E-state index contributed by atoms with van der Waals surface area (Å²) in [4.78, 5) is 2.45. The van der Waals surface area contributed by atoms with Gasteiger partial charge < -0.3 is 27.5 Å². The second-order valence-electron chi connectivity index (χ2n) is 4.96. The molecule has 1 aliphatic heterocycles. The molecule has 17 heavy (non-hydrogen) atoms. The molecule has 4 heteroatoms. The van der Waals surface area contributed by atoms with E-state index < -0.39 is 0 Å². The minimum Gasteiger partial charge on any atom is -1.00 e. The molecule has 0 aromatic heterocycles. The SMILES string of the molecule is CC[N+]1(C)CCN(c2ccc(N)cc2)CC1.[Cl-]. The van der Waals surface area contributed by atoms with E-state index in [0.717, 1.165) is 18.8 Å². The maximum atomic E-state index is 5.70. The number of nitrogens with zero attached hydrogens (tertiary/aromatic N) is 2. The average molecular weight is 256 g/mol. The number of halogens is 1.